The lowest BCUT2D eigenvalue weighted by Gasteiger charge is -2.34. The third kappa shape index (κ3) is 4.50. The summed E-state index contributed by atoms with van der Waals surface area (Å²) < 4.78 is 0. The van der Waals surface area contributed by atoms with Gasteiger partial charge in [0.1, 0.15) is 0 Å². The van der Waals surface area contributed by atoms with Gasteiger partial charge in [0.25, 0.3) is 0 Å². The van der Waals surface area contributed by atoms with E-state index in [9.17, 15) is 9.59 Å². The second-order valence-electron chi connectivity index (χ2n) is 6.04. The highest BCUT2D eigenvalue weighted by molar-refractivity contribution is 5.80. The zero-order chi connectivity index (χ0) is 15.1. The second kappa shape index (κ2) is 8.28. The third-order valence-corrected chi connectivity index (χ3v) is 4.53. The van der Waals surface area contributed by atoms with Crippen molar-refractivity contribution in [3.05, 3.63) is 0 Å². The molecule has 3 unspecified atom stereocenters. The van der Waals surface area contributed by atoms with E-state index < -0.39 is 5.97 Å². The summed E-state index contributed by atoms with van der Waals surface area (Å²) in [5.74, 6) is -0.983. The predicted octanol–water partition coefficient (Wildman–Crippen LogP) is 3.30. The monoisotopic (exact) mass is 283 g/mol. The average molecular weight is 283 g/mol. The Morgan fingerprint density at radius 3 is 2.45 bits per heavy atom. The van der Waals surface area contributed by atoms with E-state index >= 15 is 0 Å². The summed E-state index contributed by atoms with van der Waals surface area (Å²) in [5, 5.41) is 9.15. The van der Waals surface area contributed by atoms with E-state index in [-0.39, 0.29) is 23.8 Å². The Kier molecular flexibility index (Phi) is 7.03. The van der Waals surface area contributed by atoms with Crippen LogP contribution in [0, 0.1) is 11.8 Å². The summed E-state index contributed by atoms with van der Waals surface area (Å²) in [5.41, 5.74) is 0. The standard InChI is InChI=1S/C16H29NO3/c1-4-6-10-17(12(3)5-2)15(18)13-8-7-9-14(11-13)16(19)20/h12-14H,4-11H2,1-3H3,(H,19,20). The molecule has 0 spiro atoms. The zero-order valence-electron chi connectivity index (χ0n) is 13.1. The van der Waals surface area contributed by atoms with Crippen LogP contribution in [0.5, 0.6) is 0 Å². The number of carboxylic acids is 1. The van der Waals surface area contributed by atoms with Crippen LogP contribution in [0.2, 0.25) is 0 Å². The number of carboxylic acid groups (broad SMARTS) is 1. The molecule has 0 heterocycles. The van der Waals surface area contributed by atoms with Crippen molar-refractivity contribution in [2.45, 2.75) is 71.8 Å². The largest absolute Gasteiger partial charge is 0.481 e. The lowest BCUT2D eigenvalue weighted by molar-refractivity contribution is -0.146. The van der Waals surface area contributed by atoms with Gasteiger partial charge in [0.15, 0.2) is 0 Å². The van der Waals surface area contributed by atoms with Crippen molar-refractivity contribution in [1.29, 1.82) is 0 Å². The summed E-state index contributed by atoms with van der Waals surface area (Å²) in [6.07, 6.45) is 5.99. The zero-order valence-corrected chi connectivity index (χ0v) is 13.1. The Bertz CT molecular complexity index is 330. The number of hydrogen-bond donors (Lipinski definition) is 1. The maximum atomic E-state index is 12.7. The fraction of sp³-hybridized carbons (Fsp3) is 0.875. The van der Waals surface area contributed by atoms with Crippen molar-refractivity contribution >= 4 is 11.9 Å². The summed E-state index contributed by atoms with van der Waals surface area (Å²) in [6.45, 7) is 7.11. The molecule has 3 atom stereocenters. The van der Waals surface area contributed by atoms with Gasteiger partial charge in [-0.2, -0.15) is 0 Å². The molecular weight excluding hydrogens is 254 g/mol. The molecule has 1 rings (SSSR count). The number of carbonyl (C=O) groups excluding carboxylic acids is 1. The number of rotatable bonds is 7. The quantitative estimate of drug-likeness (QED) is 0.780. The SMILES string of the molecule is CCCCN(C(=O)C1CCCC(C(=O)O)C1)C(C)CC. The molecule has 0 aromatic carbocycles. The number of amides is 1. The molecule has 0 aromatic heterocycles. The molecule has 4 nitrogen and oxygen atoms in total. The molecule has 1 aliphatic carbocycles. The number of unbranched alkanes of at least 4 members (excludes halogenated alkanes) is 1. The van der Waals surface area contributed by atoms with Crippen LogP contribution in [-0.4, -0.2) is 34.5 Å². The van der Waals surface area contributed by atoms with Crippen LogP contribution in [0.4, 0.5) is 0 Å². The van der Waals surface area contributed by atoms with E-state index in [1.165, 1.54) is 0 Å². The number of nitrogens with zero attached hydrogens (tertiary/aromatic N) is 1. The van der Waals surface area contributed by atoms with Gasteiger partial charge in [0, 0.05) is 18.5 Å². The fourth-order valence-electron chi connectivity index (χ4n) is 2.97. The van der Waals surface area contributed by atoms with Crippen LogP contribution in [0.3, 0.4) is 0 Å². The number of carbonyl (C=O) groups is 2. The molecule has 0 saturated heterocycles. The maximum absolute atomic E-state index is 12.7. The minimum Gasteiger partial charge on any atom is -0.481 e. The first kappa shape index (κ1) is 17.0. The van der Waals surface area contributed by atoms with Crippen LogP contribution in [0.25, 0.3) is 0 Å². The van der Waals surface area contributed by atoms with Crippen LogP contribution in [-0.2, 0) is 9.59 Å². The van der Waals surface area contributed by atoms with Crippen LogP contribution >= 0.6 is 0 Å². The van der Waals surface area contributed by atoms with Crippen molar-refractivity contribution in [3.63, 3.8) is 0 Å². The van der Waals surface area contributed by atoms with Gasteiger partial charge in [-0.25, -0.2) is 0 Å². The summed E-state index contributed by atoms with van der Waals surface area (Å²) in [4.78, 5) is 25.8. The Hall–Kier alpha value is -1.06. The molecule has 1 amide bonds. The van der Waals surface area contributed by atoms with E-state index in [4.69, 9.17) is 5.11 Å². The highest BCUT2D eigenvalue weighted by Gasteiger charge is 2.34. The first-order valence-electron chi connectivity index (χ1n) is 8.04. The van der Waals surface area contributed by atoms with Crippen LogP contribution in [0.1, 0.15) is 65.7 Å². The summed E-state index contributed by atoms with van der Waals surface area (Å²) in [6, 6.07) is 0.249. The lowest BCUT2D eigenvalue weighted by atomic mass is 9.80. The van der Waals surface area contributed by atoms with Crippen LogP contribution < -0.4 is 0 Å². The number of hydrogen-bond acceptors (Lipinski definition) is 2. The van der Waals surface area contributed by atoms with Gasteiger partial charge in [0.2, 0.25) is 5.91 Å². The summed E-state index contributed by atoms with van der Waals surface area (Å²) >= 11 is 0. The van der Waals surface area contributed by atoms with Crippen molar-refractivity contribution in [2.75, 3.05) is 6.54 Å². The molecule has 0 aromatic rings. The predicted molar refractivity (Wildman–Crippen MR) is 79.5 cm³/mol. The van der Waals surface area contributed by atoms with Gasteiger partial charge < -0.3 is 10.0 Å². The van der Waals surface area contributed by atoms with E-state index in [0.29, 0.717) is 6.42 Å². The highest BCUT2D eigenvalue weighted by atomic mass is 16.4. The Morgan fingerprint density at radius 2 is 1.90 bits per heavy atom. The normalized spacial score (nSPS) is 24.1. The smallest absolute Gasteiger partial charge is 0.306 e. The molecule has 0 bridgehead atoms. The Balaban J connectivity index is 2.69. The molecule has 0 radical (unpaired) electrons. The summed E-state index contributed by atoms with van der Waals surface area (Å²) in [7, 11) is 0. The van der Waals surface area contributed by atoms with Gasteiger partial charge in [-0.05, 0) is 39.0 Å². The highest BCUT2D eigenvalue weighted by Crippen LogP contribution is 2.31. The van der Waals surface area contributed by atoms with Gasteiger partial charge >= 0.3 is 5.97 Å². The molecule has 1 fully saturated rings. The maximum Gasteiger partial charge on any atom is 0.306 e. The molecule has 1 aliphatic rings. The van der Waals surface area contributed by atoms with E-state index in [0.717, 1.165) is 45.1 Å². The molecular formula is C16H29NO3. The average Bonchev–Trinajstić information content (AvgIpc) is 2.47. The minimum atomic E-state index is -0.744. The first-order chi connectivity index (χ1) is 9.51. The lowest BCUT2D eigenvalue weighted by Crippen LogP contribution is -2.44. The van der Waals surface area contributed by atoms with E-state index in [1.807, 2.05) is 4.90 Å². The fourth-order valence-corrected chi connectivity index (χ4v) is 2.97. The second-order valence-corrected chi connectivity index (χ2v) is 6.04. The third-order valence-electron chi connectivity index (χ3n) is 4.53. The minimum absolute atomic E-state index is 0.0873. The molecule has 1 saturated carbocycles. The van der Waals surface area contributed by atoms with Crippen molar-refractivity contribution < 1.29 is 14.7 Å². The molecule has 20 heavy (non-hydrogen) atoms. The van der Waals surface area contributed by atoms with E-state index in [2.05, 4.69) is 20.8 Å². The van der Waals surface area contributed by atoms with Crippen molar-refractivity contribution in [2.24, 2.45) is 11.8 Å². The van der Waals surface area contributed by atoms with Gasteiger partial charge in [-0.1, -0.05) is 26.7 Å². The Labute approximate surface area is 122 Å². The molecule has 116 valence electrons. The Morgan fingerprint density at radius 1 is 1.25 bits per heavy atom. The number of aliphatic carboxylic acids is 1. The van der Waals surface area contributed by atoms with Crippen LogP contribution in [0.15, 0.2) is 0 Å². The first-order valence-corrected chi connectivity index (χ1v) is 8.04. The molecule has 0 aliphatic heterocycles. The van der Waals surface area contributed by atoms with Crippen molar-refractivity contribution in [1.82, 2.24) is 4.90 Å². The van der Waals surface area contributed by atoms with E-state index in [1.54, 1.807) is 0 Å². The molecule has 4 heteroatoms. The van der Waals surface area contributed by atoms with Crippen molar-refractivity contribution in [3.8, 4) is 0 Å². The van der Waals surface area contributed by atoms with Gasteiger partial charge in [-0.3, -0.25) is 9.59 Å². The topological polar surface area (TPSA) is 57.6 Å². The van der Waals surface area contributed by atoms with Gasteiger partial charge in [-0.15, -0.1) is 0 Å². The molecule has 1 N–H and O–H groups in total. The van der Waals surface area contributed by atoms with Gasteiger partial charge in [0.05, 0.1) is 5.92 Å².